The normalized spacial score (nSPS) is 10.5. The van der Waals surface area contributed by atoms with Crippen molar-refractivity contribution in [1.82, 2.24) is 10.2 Å². The minimum atomic E-state index is -0.363. The van der Waals surface area contributed by atoms with Crippen molar-refractivity contribution in [3.05, 3.63) is 28.4 Å². The van der Waals surface area contributed by atoms with E-state index in [-0.39, 0.29) is 18.4 Å². The molecule has 0 aliphatic heterocycles. The maximum absolute atomic E-state index is 12.1. The Hall–Kier alpha value is -2.02. The molecule has 2 amide bonds. The number of halogens is 1. The first-order valence-corrected chi connectivity index (χ1v) is 6.97. The monoisotopic (exact) mass is 354 g/mol. The summed E-state index contributed by atoms with van der Waals surface area (Å²) in [6.45, 7) is -0.0615. The number of ether oxygens (including phenoxy) is 1. The standard InChI is InChI=1S/C14H15BrN2O4/c1-17(2)13(18)7-16-14(19)8-4-10(20-3)9-6-12(15)21-11(9)5-8/h4-6H,7H2,1-3H3,(H,16,19). The molecule has 1 N–H and O–H groups in total. The summed E-state index contributed by atoms with van der Waals surface area (Å²) in [5.41, 5.74) is 0.901. The van der Waals surface area contributed by atoms with E-state index >= 15 is 0 Å². The van der Waals surface area contributed by atoms with Crippen LogP contribution in [-0.2, 0) is 4.79 Å². The molecule has 0 radical (unpaired) electrons. The second kappa shape index (κ2) is 6.17. The summed E-state index contributed by atoms with van der Waals surface area (Å²) in [5.74, 6) is -0.0129. The Kier molecular flexibility index (Phi) is 4.52. The molecule has 21 heavy (non-hydrogen) atoms. The van der Waals surface area contributed by atoms with Gasteiger partial charge in [0.1, 0.15) is 11.3 Å². The van der Waals surface area contributed by atoms with Gasteiger partial charge in [0.05, 0.1) is 19.0 Å². The van der Waals surface area contributed by atoms with Crippen molar-refractivity contribution in [2.45, 2.75) is 0 Å². The quantitative estimate of drug-likeness (QED) is 0.911. The van der Waals surface area contributed by atoms with Crippen LogP contribution in [0, 0.1) is 0 Å². The van der Waals surface area contributed by atoms with E-state index < -0.39 is 0 Å². The number of fused-ring (bicyclic) bond motifs is 1. The van der Waals surface area contributed by atoms with Crippen LogP contribution in [0.4, 0.5) is 0 Å². The van der Waals surface area contributed by atoms with Crippen LogP contribution in [-0.4, -0.2) is 44.5 Å². The molecule has 0 fully saturated rings. The smallest absolute Gasteiger partial charge is 0.251 e. The van der Waals surface area contributed by atoms with Crippen LogP contribution in [0.3, 0.4) is 0 Å². The molecule has 2 aromatic rings. The fraction of sp³-hybridized carbons (Fsp3) is 0.286. The van der Waals surface area contributed by atoms with Crippen molar-refractivity contribution >= 4 is 38.7 Å². The lowest BCUT2D eigenvalue weighted by Crippen LogP contribution is -2.36. The lowest BCUT2D eigenvalue weighted by molar-refractivity contribution is -0.127. The maximum atomic E-state index is 12.1. The Morgan fingerprint density at radius 3 is 2.67 bits per heavy atom. The molecular formula is C14H15BrN2O4. The first-order valence-electron chi connectivity index (χ1n) is 6.18. The average molecular weight is 355 g/mol. The van der Waals surface area contributed by atoms with Crippen LogP contribution < -0.4 is 10.1 Å². The second-order valence-electron chi connectivity index (χ2n) is 4.61. The van der Waals surface area contributed by atoms with E-state index in [9.17, 15) is 9.59 Å². The molecule has 0 aliphatic rings. The third-order valence-electron chi connectivity index (χ3n) is 2.95. The molecule has 0 spiro atoms. The molecule has 0 saturated carbocycles. The van der Waals surface area contributed by atoms with Gasteiger partial charge in [0.2, 0.25) is 5.91 Å². The van der Waals surface area contributed by atoms with E-state index in [2.05, 4.69) is 21.2 Å². The number of rotatable bonds is 4. The fourth-order valence-corrected chi connectivity index (χ4v) is 2.20. The zero-order chi connectivity index (χ0) is 15.6. The molecule has 1 aromatic carbocycles. The van der Waals surface area contributed by atoms with Crippen LogP contribution in [0.5, 0.6) is 5.75 Å². The van der Waals surface area contributed by atoms with Gasteiger partial charge in [-0.05, 0) is 28.1 Å². The van der Waals surface area contributed by atoms with Gasteiger partial charge in [0, 0.05) is 25.7 Å². The maximum Gasteiger partial charge on any atom is 0.251 e. The van der Waals surface area contributed by atoms with E-state index in [1.54, 1.807) is 32.3 Å². The van der Waals surface area contributed by atoms with Crippen LogP contribution >= 0.6 is 15.9 Å². The molecule has 2 rings (SSSR count). The Morgan fingerprint density at radius 1 is 1.33 bits per heavy atom. The Labute approximate surface area is 130 Å². The van der Waals surface area contributed by atoms with Crippen molar-refractivity contribution in [1.29, 1.82) is 0 Å². The number of likely N-dealkylation sites (N-methyl/N-ethyl adjacent to an activating group) is 1. The number of nitrogens with zero attached hydrogens (tertiary/aromatic N) is 1. The summed E-state index contributed by atoms with van der Waals surface area (Å²) in [6, 6.07) is 4.99. The number of carbonyl (C=O) groups is 2. The van der Waals surface area contributed by atoms with Gasteiger partial charge in [0.15, 0.2) is 4.67 Å². The van der Waals surface area contributed by atoms with Crippen LogP contribution in [0.25, 0.3) is 11.0 Å². The molecule has 112 valence electrons. The van der Waals surface area contributed by atoms with E-state index in [0.717, 1.165) is 5.39 Å². The number of carbonyl (C=O) groups excluding carboxylic acids is 2. The highest BCUT2D eigenvalue weighted by atomic mass is 79.9. The number of furan rings is 1. The summed E-state index contributed by atoms with van der Waals surface area (Å²) in [7, 11) is 4.78. The van der Waals surface area contributed by atoms with Crippen molar-refractivity contribution in [2.75, 3.05) is 27.7 Å². The molecule has 6 nitrogen and oxygen atoms in total. The summed E-state index contributed by atoms with van der Waals surface area (Å²) in [5, 5.41) is 3.33. The van der Waals surface area contributed by atoms with Crippen LogP contribution in [0.15, 0.2) is 27.3 Å². The van der Waals surface area contributed by atoms with Gasteiger partial charge in [-0.25, -0.2) is 0 Å². The fourth-order valence-electron chi connectivity index (χ4n) is 1.79. The summed E-state index contributed by atoms with van der Waals surface area (Å²) in [6.07, 6.45) is 0. The minimum Gasteiger partial charge on any atom is -0.496 e. The number of nitrogens with one attached hydrogen (secondary N) is 1. The van der Waals surface area contributed by atoms with E-state index in [0.29, 0.717) is 21.6 Å². The first-order chi connectivity index (χ1) is 9.92. The number of benzene rings is 1. The van der Waals surface area contributed by atoms with Crippen LogP contribution in [0.2, 0.25) is 0 Å². The number of hydrogen-bond donors (Lipinski definition) is 1. The molecule has 7 heteroatoms. The lowest BCUT2D eigenvalue weighted by Gasteiger charge is -2.11. The molecular weight excluding hydrogens is 340 g/mol. The molecule has 0 bridgehead atoms. The van der Waals surface area contributed by atoms with Crippen molar-refractivity contribution in [2.24, 2.45) is 0 Å². The SMILES string of the molecule is COc1cc(C(=O)NCC(=O)N(C)C)cc2oc(Br)cc12. The number of hydrogen-bond acceptors (Lipinski definition) is 4. The topological polar surface area (TPSA) is 71.8 Å². The summed E-state index contributed by atoms with van der Waals surface area (Å²) >= 11 is 3.24. The zero-order valence-electron chi connectivity index (χ0n) is 11.9. The van der Waals surface area contributed by atoms with E-state index in [4.69, 9.17) is 9.15 Å². The van der Waals surface area contributed by atoms with Crippen LogP contribution in [0.1, 0.15) is 10.4 Å². The molecule has 0 aliphatic carbocycles. The van der Waals surface area contributed by atoms with Gasteiger partial charge >= 0.3 is 0 Å². The molecule has 1 heterocycles. The number of amides is 2. The highest BCUT2D eigenvalue weighted by Gasteiger charge is 2.15. The van der Waals surface area contributed by atoms with E-state index in [1.807, 2.05) is 0 Å². The van der Waals surface area contributed by atoms with Gasteiger partial charge in [0.25, 0.3) is 5.91 Å². The van der Waals surface area contributed by atoms with Crippen molar-refractivity contribution < 1.29 is 18.7 Å². The Bertz CT molecular complexity index is 694. The van der Waals surface area contributed by atoms with Gasteiger partial charge in [-0.1, -0.05) is 0 Å². The van der Waals surface area contributed by atoms with Gasteiger partial charge < -0.3 is 19.4 Å². The predicted octanol–water partition coefficient (Wildman–Crippen LogP) is 2.02. The molecule has 0 atom stereocenters. The Balaban J connectivity index is 2.25. The second-order valence-corrected chi connectivity index (χ2v) is 5.39. The largest absolute Gasteiger partial charge is 0.496 e. The summed E-state index contributed by atoms with van der Waals surface area (Å²) in [4.78, 5) is 25.0. The van der Waals surface area contributed by atoms with Gasteiger partial charge in [-0.2, -0.15) is 0 Å². The number of methoxy groups -OCH3 is 1. The van der Waals surface area contributed by atoms with Gasteiger partial charge in [-0.3, -0.25) is 9.59 Å². The zero-order valence-corrected chi connectivity index (χ0v) is 13.5. The third-order valence-corrected chi connectivity index (χ3v) is 3.34. The third kappa shape index (κ3) is 3.36. The molecule has 1 aromatic heterocycles. The van der Waals surface area contributed by atoms with Crippen molar-refractivity contribution in [3.8, 4) is 5.75 Å². The summed E-state index contributed by atoms with van der Waals surface area (Å²) < 4.78 is 11.3. The van der Waals surface area contributed by atoms with Crippen molar-refractivity contribution in [3.63, 3.8) is 0 Å². The highest BCUT2D eigenvalue weighted by Crippen LogP contribution is 2.32. The Morgan fingerprint density at radius 2 is 2.05 bits per heavy atom. The molecule has 0 saturated heterocycles. The van der Waals surface area contributed by atoms with E-state index in [1.165, 1.54) is 12.0 Å². The minimum absolute atomic E-state index is 0.0615. The predicted molar refractivity (Wildman–Crippen MR) is 81.5 cm³/mol. The average Bonchev–Trinajstić information content (AvgIpc) is 2.82. The van der Waals surface area contributed by atoms with Gasteiger partial charge in [-0.15, -0.1) is 0 Å². The first kappa shape index (κ1) is 15.4. The molecule has 0 unspecified atom stereocenters. The lowest BCUT2D eigenvalue weighted by atomic mass is 10.1. The highest BCUT2D eigenvalue weighted by molar-refractivity contribution is 9.10.